The number of nitrogens with two attached hydrogens (primary N) is 1. The van der Waals surface area contributed by atoms with Gasteiger partial charge in [0.25, 0.3) is 0 Å². The molecule has 1 amide bonds. The van der Waals surface area contributed by atoms with Crippen LogP contribution >= 0.6 is 0 Å². The number of methoxy groups -OCH3 is 1. The molecule has 0 saturated carbocycles. The summed E-state index contributed by atoms with van der Waals surface area (Å²) in [6, 6.07) is 5.17. The van der Waals surface area contributed by atoms with Crippen molar-refractivity contribution in [3.63, 3.8) is 0 Å². The van der Waals surface area contributed by atoms with Gasteiger partial charge < -0.3 is 10.5 Å². The molecule has 1 fully saturated rings. The topological polar surface area (TPSA) is 72.6 Å². The largest absolute Gasteiger partial charge is 0.496 e. The number of hydrogen-bond donors (Lipinski definition) is 1. The van der Waals surface area contributed by atoms with Crippen LogP contribution in [0, 0.1) is 0 Å². The number of carbonyl (C=O) groups excluding carboxylic acids is 2. The highest BCUT2D eigenvalue weighted by molar-refractivity contribution is 5.94. The number of ether oxygens (including phenoxy) is 1. The summed E-state index contributed by atoms with van der Waals surface area (Å²) in [7, 11) is 1.61. The average Bonchev–Trinajstić information content (AvgIpc) is 2.47. The van der Waals surface area contributed by atoms with E-state index in [0.717, 1.165) is 37.1 Å². The molecule has 1 aliphatic heterocycles. The lowest BCUT2D eigenvalue weighted by Crippen LogP contribution is -2.47. The van der Waals surface area contributed by atoms with Gasteiger partial charge >= 0.3 is 0 Å². The van der Waals surface area contributed by atoms with Gasteiger partial charge in [-0.25, -0.2) is 0 Å². The third kappa shape index (κ3) is 3.61. The maximum atomic E-state index is 11.6. The molecule has 1 unspecified atom stereocenters. The van der Waals surface area contributed by atoms with E-state index in [1.165, 1.54) is 0 Å². The molecule has 0 spiro atoms. The van der Waals surface area contributed by atoms with Crippen molar-refractivity contribution >= 4 is 11.7 Å². The molecule has 2 N–H and O–H groups in total. The lowest BCUT2D eigenvalue weighted by atomic mass is 9.99. The zero-order valence-electron chi connectivity index (χ0n) is 12.6. The van der Waals surface area contributed by atoms with Crippen molar-refractivity contribution in [2.24, 2.45) is 5.73 Å². The lowest BCUT2D eigenvalue weighted by molar-refractivity contribution is -0.124. The van der Waals surface area contributed by atoms with Crippen molar-refractivity contribution < 1.29 is 14.3 Å². The second kappa shape index (κ2) is 6.72. The number of likely N-dealkylation sites (tertiary alicyclic amines) is 1. The molecule has 114 valence electrons. The first-order valence-electron chi connectivity index (χ1n) is 7.24. The highest BCUT2D eigenvalue weighted by Crippen LogP contribution is 2.25. The van der Waals surface area contributed by atoms with Gasteiger partial charge in [-0.3, -0.25) is 14.5 Å². The summed E-state index contributed by atoms with van der Waals surface area (Å²) in [6.07, 6.45) is 2.87. The minimum absolute atomic E-state index is 0.0176. The highest BCUT2D eigenvalue weighted by Gasteiger charge is 2.27. The fourth-order valence-electron chi connectivity index (χ4n) is 2.84. The molecular formula is C16H22N2O3. The van der Waals surface area contributed by atoms with Gasteiger partial charge in [0, 0.05) is 17.7 Å². The predicted molar refractivity (Wildman–Crippen MR) is 80.2 cm³/mol. The molecule has 1 atom stereocenters. The minimum atomic E-state index is -0.281. The van der Waals surface area contributed by atoms with Crippen LogP contribution in [0.4, 0.5) is 0 Å². The first kappa shape index (κ1) is 15.5. The lowest BCUT2D eigenvalue weighted by Gasteiger charge is -2.33. The number of piperidine rings is 1. The maximum Gasteiger partial charge on any atom is 0.234 e. The van der Waals surface area contributed by atoms with Crippen molar-refractivity contribution in [1.82, 2.24) is 4.90 Å². The second-order valence-corrected chi connectivity index (χ2v) is 5.47. The van der Waals surface area contributed by atoms with Crippen molar-refractivity contribution in [3.8, 4) is 5.75 Å². The van der Waals surface area contributed by atoms with E-state index in [-0.39, 0.29) is 17.7 Å². The van der Waals surface area contributed by atoms with Crippen LogP contribution in [0.3, 0.4) is 0 Å². The first-order valence-corrected chi connectivity index (χ1v) is 7.24. The number of benzene rings is 1. The molecular weight excluding hydrogens is 268 g/mol. The summed E-state index contributed by atoms with van der Waals surface area (Å²) >= 11 is 0. The fraction of sp³-hybridized carbons (Fsp3) is 0.500. The Hall–Kier alpha value is -1.88. The number of hydrogen-bond acceptors (Lipinski definition) is 4. The van der Waals surface area contributed by atoms with Crippen LogP contribution in [0.15, 0.2) is 18.2 Å². The minimum Gasteiger partial charge on any atom is -0.496 e. The van der Waals surface area contributed by atoms with E-state index in [9.17, 15) is 9.59 Å². The van der Waals surface area contributed by atoms with Gasteiger partial charge in [0.2, 0.25) is 5.91 Å². The number of primary amides is 1. The van der Waals surface area contributed by atoms with Crippen LogP contribution in [-0.2, 0) is 11.3 Å². The molecule has 1 saturated heterocycles. The van der Waals surface area contributed by atoms with Crippen LogP contribution in [0.2, 0.25) is 0 Å². The number of rotatable bonds is 5. The summed E-state index contributed by atoms with van der Waals surface area (Å²) in [5.74, 6) is 0.467. The number of amides is 1. The quantitative estimate of drug-likeness (QED) is 0.838. The molecule has 1 aromatic carbocycles. The molecule has 1 aromatic rings. The summed E-state index contributed by atoms with van der Waals surface area (Å²) in [4.78, 5) is 25.2. The van der Waals surface area contributed by atoms with Crippen molar-refractivity contribution in [1.29, 1.82) is 0 Å². The molecule has 0 radical (unpaired) electrons. The summed E-state index contributed by atoms with van der Waals surface area (Å²) in [6.45, 7) is 2.94. The maximum absolute atomic E-state index is 11.6. The predicted octanol–water partition coefficient (Wildman–Crippen LogP) is 1.74. The third-order valence-corrected chi connectivity index (χ3v) is 4.00. The molecule has 0 aliphatic carbocycles. The summed E-state index contributed by atoms with van der Waals surface area (Å²) < 4.78 is 5.36. The Labute approximate surface area is 125 Å². The molecule has 0 aromatic heterocycles. The van der Waals surface area contributed by atoms with Crippen LogP contribution in [0.5, 0.6) is 5.75 Å². The van der Waals surface area contributed by atoms with Crippen molar-refractivity contribution in [3.05, 3.63) is 29.3 Å². The van der Waals surface area contributed by atoms with E-state index in [1.54, 1.807) is 26.2 Å². The Morgan fingerprint density at radius 1 is 1.38 bits per heavy atom. The van der Waals surface area contributed by atoms with Gasteiger partial charge in [-0.2, -0.15) is 0 Å². The molecule has 1 heterocycles. The fourth-order valence-corrected chi connectivity index (χ4v) is 2.84. The molecule has 5 nitrogen and oxygen atoms in total. The number of ketones is 1. The summed E-state index contributed by atoms with van der Waals surface area (Å²) in [5.41, 5.74) is 7.06. The molecule has 1 aliphatic rings. The smallest absolute Gasteiger partial charge is 0.234 e. The van der Waals surface area contributed by atoms with Gasteiger partial charge in [-0.1, -0.05) is 6.42 Å². The standard InChI is InChI=1S/C16H22N2O3/c1-11(19)12-6-7-15(21-2)13(9-12)10-18-8-4-3-5-14(18)16(17)20/h6-7,9,14H,3-5,8,10H2,1-2H3,(H2,17,20). The van der Waals surface area contributed by atoms with Crippen LogP contribution < -0.4 is 10.5 Å². The Morgan fingerprint density at radius 2 is 2.14 bits per heavy atom. The van der Waals surface area contributed by atoms with E-state index >= 15 is 0 Å². The van der Waals surface area contributed by atoms with E-state index in [2.05, 4.69) is 4.90 Å². The number of Topliss-reactive ketones (excluding diaryl/α,β-unsaturated/α-hetero) is 1. The second-order valence-electron chi connectivity index (χ2n) is 5.47. The van der Waals surface area contributed by atoms with Crippen molar-refractivity contribution in [2.75, 3.05) is 13.7 Å². The van der Waals surface area contributed by atoms with Gasteiger partial charge in [-0.05, 0) is 44.5 Å². The molecule has 2 rings (SSSR count). The Bertz CT molecular complexity index is 542. The third-order valence-electron chi connectivity index (χ3n) is 4.00. The highest BCUT2D eigenvalue weighted by atomic mass is 16.5. The zero-order chi connectivity index (χ0) is 15.4. The average molecular weight is 290 g/mol. The Kier molecular flexibility index (Phi) is 4.96. The van der Waals surface area contributed by atoms with E-state index in [4.69, 9.17) is 10.5 Å². The monoisotopic (exact) mass is 290 g/mol. The SMILES string of the molecule is COc1ccc(C(C)=O)cc1CN1CCCCC1C(N)=O. The molecule has 5 heteroatoms. The van der Waals surface area contributed by atoms with Gasteiger partial charge in [0.15, 0.2) is 5.78 Å². The van der Waals surface area contributed by atoms with Gasteiger partial charge in [0.05, 0.1) is 13.2 Å². The number of nitrogens with zero attached hydrogens (tertiary/aromatic N) is 1. The zero-order valence-corrected chi connectivity index (χ0v) is 12.6. The van der Waals surface area contributed by atoms with Crippen LogP contribution in [0.1, 0.15) is 42.1 Å². The van der Waals surface area contributed by atoms with Gasteiger partial charge in [0.1, 0.15) is 5.75 Å². The van der Waals surface area contributed by atoms with E-state index in [0.29, 0.717) is 12.1 Å². The Morgan fingerprint density at radius 3 is 2.76 bits per heavy atom. The Balaban J connectivity index is 2.25. The van der Waals surface area contributed by atoms with Gasteiger partial charge in [-0.15, -0.1) is 0 Å². The van der Waals surface area contributed by atoms with Crippen molar-refractivity contribution in [2.45, 2.75) is 38.8 Å². The number of carbonyl (C=O) groups is 2. The van der Waals surface area contributed by atoms with Crippen LogP contribution in [-0.4, -0.2) is 36.3 Å². The molecule has 21 heavy (non-hydrogen) atoms. The molecule has 0 bridgehead atoms. The van der Waals surface area contributed by atoms with E-state index < -0.39 is 0 Å². The van der Waals surface area contributed by atoms with E-state index in [1.807, 2.05) is 6.07 Å². The van der Waals surface area contributed by atoms with Crippen LogP contribution in [0.25, 0.3) is 0 Å². The normalized spacial score (nSPS) is 19.2. The summed E-state index contributed by atoms with van der Waals surface area (Å²) in [5, 5.41) is 0. The first-order chi connectivity index (χ1) is 10.0.